The van der Waals surface area contributed by atoms with Crippen LogP contribution in [0.15, 0.2) is 30.3 Å². The van der Waals surface area contributed by atoms with Crippen molar-refractivity contribution in [2.45, 2.75) is 27.3 Å². The van der Waals surface area contributed by atoms with Crippen molar-refractivity contribution in [1.29, 1.82) is 0 Å². The fraction of sp³-hybridized carbons (Fsp3) is 0.409. The molecule has 3 heterocycles. The van der Waals surface area contributed by atoms with E-state index in [1.54, 1.807) is 18.9 Å². The number of carbonyl (C=O) groups is 1. The predicted octanol–water partition coefficient (Wildman–Crippen LogP) is 2.40. The molecule has 0 aliphatic carbocycles. The molecule has 0 N–H and O–H groups in total. The largest absolute Gasteiger partial charge is 0.334 e. The summed E-state index contributed by atoms with van der Waals surface area (Å²) in [6.07, 6.45) is 0. The van der Waals surface area contributed by atoms with E-state index in [2.05, 4.69) is 16.9 Å². The first-order chi connectivity index (χ1) is 15.3. The molecular weight excluding hydrogens is 410 g/mol. The molecule has 10 heteroatoms. The van der Waals surface area contributed by atoms with E-state index >= 15 is 0 Å². The topological polar surface area (TPSA) is 102 Å². The number of nitro groups is 1. The lowest BCUT2D eigenvalue weighted by atomic mass is 10.1. The van der Waals surface area contributed by atoms with Crippen LogP contribution in [0.2, 0.25) is 0 Å². The summed E-state index contributed by atoms with van der Waals surface area (Å²) in [5.41, 5.74) is 4.39. The molecule has 0 spiro atoms. The third-order valence-electron chi connectivity index (χ3n) is 6.17. The highest BCUT2D eigenvalue weighted by Gasteiger charge is 2.33. The van der Waals surface area contributed by atoms with E-state index in [-0.39, 0.29) is 17.3 Å². The van der Waals surface area contributed by atoms with Crippen LogP contribution in [-0.4, -0.2) is 66.4 Å². The number of nitrogens with zero attached hydrogens (tertiary/aromatic N) is 7. The average Bonchev–Trinajstić information content (AvgIpc) is 3.24. The highest BCUT2D eigenvalue weighted by atomic mass is 16.6. The number of benzene rings is 1. The molecule has 0 atom stereocenters. The first-order valence-corrected chi connectivity index (χ1v) is 10.6. The van der Waals surface area contributed by atoms with Crippen LogP contribution in [0.3, 0.4) is 0 Å². The molecule has 1 aliphatic heterocycles. The summed E-state index contributed by atoms with van der Waals surface area (Å²) in [6, 6.07) is 10.0. The second kappa shape index (κ2) is 8.54. The van der Waals surface area contributed by atoms with Crippen LogP contribution in [0.5, 0.6) is 0 Å². The number of hydrogen-bond donors (Lipinski definition) is 0. The van der Waals surface area contributed by atoms with Gasteiger partial charge in [-0.2, -0.15) is 10.2 Å². The zero-order valence-electron chi connectivity index (χ0n) is 18.8. The van der Waals surface area contributed by atoms with Crippen molar-refractivity contribution in [1.82, 2.24) is 29.4 Å². The lowest BCUT2D eigenvalue weighted by Crippen LogP contribution is -2.48. The molecule has 1 aliphatic rings. The number of amides is 1. The van der Waals surface area contributed by atoms with E-state index in [4.69, 9.17) is 5.10 Å². The maximum atomic E-state index is 12.9. The molecular formula is C22H27N7O3. The number of aromatic nitrogens is 4. The van der Waals surface area contributed by atoms with Gasteiger partial charge in [-0.15, -0.1) is 0 Å². The summed E-state index contributed by atoms with van der Waals surface area (Å²) in [5, 5.41) is 20.3. The summed E-state index contributed by atoms with van der Waals surface area (Å²) in [4.78, 5) is 27.8. The molecule has 0 bridgehead atoms. The maximum Gasteiger partial charge on any atom is 0.322 e. The smallest absolute Gasteiger partial charge is 0.322 e. The normalized spacial score (nSPS) is 14.7. The fourth-order valence-electron chi connectivity index (χ4n) is 4.17. The summed E-state index contributed by atoms with van der Waals surface area (Å²) >= 11 is 0. The number of aryl methyl sites for hydroxylation is 2. The molecule has 2 aromatic heterocycles. The van der Waals surface area contributed by atoms with Gasteiger partial charge in [0.25, 0.3) is 5.91 Å². The Hall–Kier alpha value is -3.53. The van der Waals surface area contributed by atoms with Gasteiger partial charge in [-0.05, 0) is 32.9 Å². The van der Waals surface area contributed by atoms with E-state index in [1.165, 1.54) is 10.2 Å². The van der Waals surface area contributed by atoms with E-state index in [0.29, 0.717) is 31.9 Å². The van der Waals surface area contributed by atoms with Gasteiger partial charge < -0.3 is 4.90 Å². The van der Waals surface area contributed by atoms with Crippen molar-refractivity contribution in [2.24, 2.45) is 7.05 Å². The zero-order valence-corrected chi connectivity index (χ0v) is 18.8. The Morgan fingerprint density at radius 3 is 2.31 bits per heavy atom. The van der Waals surface area contributed by atoms with Gasteiger partial charge in [-0.25, -0.2) is 4.68 Å². The van der Waals surface area contributed by atoms with E-state index in [9.17, 15) is 14.9 Å². The van der Waals surface area contributed by atoms with Gasteiger partial charge in [0.2, 0.25) is 5.69 Å². The summed E-state index contributed by atoms with van der Waals surface area (Å²) in [6.45, 7) is 8.79. The summed E-state index contributed by atoms with van der Waals surface area (Å²) in [5.74, 6) is -0.385. The highest BCUT2D eigenvalue weighted by molar-refractivity contribution is 5.96. The molecule has 3 aromatic rings. The van der Waals surface area contributed by atoms with Crippen LogP contribution in [0.25, 0.3) is 5.69 Å². The number of piperazine rings is 1. The first-order valence-electron chi connectivity index (χ1n) is 10.6. The Balaban J connectivity index is 1.44. The summed E-state index contributed by atoms with van der Waals surface area (Å²) < 4.78 is 3.35. The van der Waals surface area contributed by atoms with Crippen molar-refractivity contribution in [3.63, 3.8) is 0 Å². The Kier molecular flexibility index (Phi) is 5.79. The minimum absolute atomic E-state index is 0.0840. The second-order valence-electron chi connectivity index (χ2n) is 8.13. The average molecular weight is 438 g/mol. The van der Waals surface area contributed by atoms with Crippen molar-refractivity contribution in [3.8, 4) is 5.69 Å². The fourth-order valence-corrected chi connectivity index (χ4v) is 4.17. The molecule has 1 aromatic carbocycles. The van der Waals surface area contributed by atoms with Gasteiger partial charge in [0.05, 0.1) is 16.3 Å². The number of rotatable bonds is 5. The number of carbonyl (C=O) groups excluding carboxylic acids is 1. The molecule has 1 saturated heterocycles. The standard InChI is InChI=1S/C22H27N7O3/c1-15-19(16(2)28(23-15)18-8-6-5-7-9-18)14-26-10-12-27(13-11-26)22(30)20-21(29(31)32)17(3)25(4)24-20/h5-9H,10-14H2,1-4H3. The zero-order chi connectivity index (χ0) is 23.0. The Labute approximate surface area is 186 Å². The Morgan fingerprint density at radius 1 is 1.03 bits per heavy atom. The molecule has 32 heavy (non-hydrogen) atoms. The molecule has 0 radical (unpaired) electrons. The quantitative estimate of drug-likeness (QED) is 0.449. The van der Waals surface area contributed by atoms with Crippen LogP contribution in [0, 0.1) is 30.9 Å². The van der Waals surface area contributed by atoms with Gasteiger partial charge in [-0.1, -0.05) is 18.2 Å². The lowest BCUT2D eigenvalue weighted by Gasteiger charge is -2.34. The van der Waals surface area contributed by atoms with Crippen LogP contribution in [0.1, 0.15) is 33.1 Å². The van der Waals surface area contributed by atoms with Crippen LogP contribution in [-0.2, 0) is 13.6 Å². The van der Waals surface area contributed by atoms with E-state index < -0.39 is 4.92 Å². The Bertz CT molecular complexity index is 1160. The van der Waals surface area contributed by atoms with Crippen molar-refractivity contribution in [3.05, 3.63) is 68.8 Å². The molecule has 4 rings (SSSR count). The molecule has 1 fully saturated rings. The lowest BCUT2D eigenvalue weighted by molar-refractivity contribution is -0.385. The number of hydrogen-bond acceptors (Lipinski definition) is 6. The Morgan fingerprint density at radius 2 is 1.69 bits per heavy atom. The first kappa shape index (κ1) is 21.7. The van der Waals surface area contributed by atoms with Gasteiger partial charge in [-0.3, -0.25) is 24.5 Å². The molecule has 10 nitrogen and oxygen atoms in total. The third-order valence-corrected chi connectivity index (χ3v) is 6.17. The SMILES string of the molecule is Cc1nn(-c2ccccc2)c(C)c1CN1CCN(C(=O)c2nn(C)c(C)c2[N+](=O)[O-])CC1. The van der Waals surface area contributed by atoms with Gasteiger partial charge in [0, 0.05) is 51.0 Å². The van der Waals surface area contributed by atoms with Gasteiger partial charge >= 0.3 is 5.69 Å². The number of para-hydroxylation sites is 1. The highest BCUT2D eigenvalue weighted by Crippen LogP contribution is 2.25. The summed E-state index contributed by atoms with van der Waals surface area (Å²) in [7, 11) is 1.61. The second-order valence-corrected chi connectivity index (χ2v) is 8.13. The monoisotopic (exact) mass is 437 g/mol. The van der Waals surface area contributed by atoms with Crippen LogP contribution in [0.4, 0.5) is 5.69 Å². The van der Waals surface area contributed by atoms with Crippen molar-refractivity contribution < 1.29 is 9.72 Å². The molecule has 0 saturated carbocycles. The third kappa shape index (κ3) is 3.89. The molecule has 1 amide bonds. The van der Waals surface area contributed by atoms with Crippen LogP contribution < -0.4 is 0 Å². The van der Waals surface area contributed by atoms with E-state index in [1.807, 2.05) is 41.9 Å². The minimum Gasteiger partial charge on any atom is -0.334 e. The molecule has 0 unspecified atom stereocenters. The predicted molar refractivity (Wildman–Crippen MR) is 119 cm³/mol. The minimum atomic E-state index is -0.526. The van der Waals surface area contributed by atoms with Gasteiger partial charge in [0.1, 0.15) is 5.69 Å². The maximum absolute atomic E-state index is 12.9. The van der Waals surface area contributed by atoms with Gasteiger partial charge in [0.15, 0.2) is 0 Å². The van der Waals surface area contributed by atoms with Crippen molar-refractivity contribution >= 4 is 11.6 Å². The molecule has 168 valence electrons. The van der Waals surface area contributed by atoms with Crippen LogP contribution >= 0.6 is 0 Å². The van der Waals surface area contributed by atoms with E-state index in [0.717, 1.165) is 23.6 Å². The van der Waals surface area contributed by atoms with Crippen molar-refractivity contribution in [2.75, 3.05) is 26.2 Å².